The Morgan fingerprint density at radius 2 is 1.65 bits per heavy atom. The molecule has 0 spiro atoms. The maximum Gasteiger partial charge on any atom is 0.225 e. The minimum absolute atomic E-state index is 0.723. The van der Waals surface area contributed by atoms with Crippen LogP contribution >= 0.6 is 15.9 Å². The van der Waals surface area contributed by atoms with Crippen molar-refractivity contribution >= 4 is 33.4 Å². The lowest BCUT2D eigenvalue weighted by atomic mass is 10.3. The van der Waals surface area contributed by atoms with Gasteiger partial charge in [0.15, 0.2) is 5.82 Å². The van der Waals surface area contributed by atoms with Crippen LogP contribution in [0.15, 0.2) is 35.2 Å². The first-order chi connectivity index (χ1) is 9.74. The summed E-state index contributed by atoms with van der Waals surface area (Å²) in [5.41, 5.74) is 6.69. The van der Waals surface area contributed by atoms with E-state index in [0.29, 0.717) is 0 Å². The molecule has 3 rings (SSSR count). The third kappa shape index (κ3) is 2.67. The van der Waals surface area contributed by atoms with Crippen LogP contribution in [0.2, 0.25) is 0 Å². The summed E-state index contributed by atoms with van der Waals surface area (Å²) in [6.45, 7) is 3.44. The molecular weight excluding hydrogens is 320 g/mol. The molecule has 0 amide bonds. The highest BCUT2D eigenvalue weighted by atomic mass is 79.9. The Kier molecular flexibility index (Phi) is 3.68. The number of nitrogens with zero attached hydrogens (tertiary/aromatic N) is 5. The number of nitrogen functional groups attached to an aromatic ring is 1. The maximum absolute atomic E-state index is 5.97. The van der Waals surface area contributed by atoms with Crippen LogP contribution in [0.3, 0.4) is 0 Å². The highest BCUT2D eigenvalue weighted by Gasteiger charge is 2.20. The highest BCUT2D eigenvalue weighted by Crippen LogP contribution is 2.21. The van der Waals surface area contributed by atoms with E-state index >= 15 is 0 Å². The molecule has 7 heteroatoms. The van der Waals surface area contributed by atoms with Gasteiger partial charge in [-0.1, -0.05) is 0 Å². The number of piperazine rings is 1. The van der Waals surface area contributed by atoms with E-state index in [9.17, 15) is 0 Å². The summed E-state index contributed by atoms with van der Waals surface area (Å²) in [5, 5.41) is 0. The fraction of sp³-hybridized carbons (Fsp3) is 0.308. The van der Waals surface area contributed by atoms with Gasteiger partial charge in [-0.25, -0.2) is 15.0 Å². The van der Waals surface area contributed by atoms with Gasteiger partial charge in [0, 0.05) is 44.8 Å². The molecule has 1 aliphatic rings. The molecule has 2 aromatic rings. The van der Waals surface area contributed by atoms with Gasteiger partial charge in [0.2, 0.25) is 5.95 Å². The minimum atomic E-state index is 0.723. The fourth-order valence-corrected chi connectivity index (χ4v) is 2.47. The molecule has 2 N–H and O–H groups in total. The second-order valence-electron chi connectivity index (χ2n) is 4.59. The first-order valence-corrected chi connectivity index (χ1v) is 7.21. The van der Waals surface area contributed by atoms with Crippen molar-refractivity contribution in [3.63, 3.8) is 0 Å². The first kappa shape index (κ1) is 13.1. The lowest BCUT2D eigenvalue weighted by Crippen LogP contribution is -2.47. The Balaban J connectivity index is 1.68. The Bertz CT molecular complexity index is 580. The van der Waals surface area contributed by atoms with E-state index in [-0.39, 0.29) is 0 Å². The summed E-state index contributed by atoms with van der Waals surface area (Å²) in [7, 11) is 0. The molecule has 0 saturated carbocycles. The smallest absolute Gasteiger partial charge is 0.225 e. The first-order valence-electron chi connectivity index (χ1n) is 6.42. The van der Waals surface area contributed by atoms with Crippen LogP contribution in [0, 0.1) is 0 Å². The zero-order chi connectivity index (χ0) is 13.9. The topological polar surface area (TPSA) is 71.2 Å². The van der Waals surface area contributed by atoms with Gasteiger partial charge in [0.05, 0.1) is 10.2 Å². The average Bonchev–Trinajstić information content (AvgIpc) is 2.49. The maximum atomic E-state index is 5.97. The monoisotopic (exact) mass is 334 g/mol. The molecule has 1 aliphatic heterocycles. The molecule has 3 heterocycles. The molecule has 104 valence electrons. The Hall–Kier alpha value is -1.89. The van der Waals surface area contributed by atoms with Crippen molar-refractivity contribution in [2.75, 3.05) is 41.7 Å². The zero-order valence-corrected chi connectivity index (χ0v) is 12.5. The molecular formula is C13H15BrN6. The zero-order valence-electron chi connectivity index (χ0n) is 10.9. The van der Waals surface area contributed by atoms with Gasteiger partial charge in [-0.15, -0.1) is 0 Å². The summed E-state index contributed by atoms with van der Waals surface area (Å²) >= 11 is 3.34. The molecule has 0 unspecified atom stereocenters. The van der Waals surface area contributed by atoms with E-state index in [1.54, 1.807) is 18.6 Å². The number of halogens is 1. The summed E-state index contributed by atoms with van der Waals surface area (Å²) in [6.07, 6.45) is 5.31. The summed E-state index contributed by atoms with van der Waals surface area (Å²) in [6, 6.07) is 3.73. The molecule has 1 fully saturated rings. The molecule has 0 bridgehead atoms. The summed E-state index contributed by atoms with van der Waals surface area (Å²) < 4.78 is 0.890. The van der Waals surface area contributed by atoms with Crippen molar-refractivity contribution < 1.29 is 0 Å². The Labute approximate surface area is 125 Å². The van der Waals surface area contributed by atoms with Gasteiger partial charge < -0.3 is 15.5 Å². The van der Waals surface area contributed by atoms with Crippen molar-refractivity contribution in [2.45, 2.75) is 0 Å². The normalized spacial score (nSPS) is 15.4. The van der Waals surface area contributed by atoms with Crippen molar-refractivity contribution in [2.24, 2.45) is 0 Å². The van der Waals surface area contributed by atoms with Crippen LogP contribution in [-0.4, -0.2) is 41.1 Å². The van der Waals surface area contributed by atoms with Crippen LogP contribution in [0.5, 0.6) is 0 Å². The van der Waals surface area contributed by atoms with Crippen molar-refractivity contribution in [3.05, 3.63) is 35.2 Å². The molecule has 20 heavy (non-hydrogen) atoms. The lowest BCUT2D eigenvalue weighted by molar-refractivity contribution is 0.635. The van der Waals surface area contributed by atoms with E-state index in [1.165, 1.54) is 0 Å². The van der Waals surface area contributed by atoms with Crippen molar-refractivity contribution in [3.8, 4) is 0 Å². The van der Waals surface area contributed by atoms with E-state index in [0.717, 1.165) is 48.1 Å². The number of anilines is 3. The third-order valence-corrected chi connectivity index (χ3v) is 3.70. The van der Waals surface area contributed by atoms with Crippen molar-refractivity contribution in [1.82, 2.24) is 15.0 Å². The van der Waals surface area contributed by atoms with Crippen LogP contribution in [0.4, 0.5) is 17.5 Å². The van der Waals surface area contributed by atoms with Crippen LogP contribution in [0.25, 0.3) is 0 Å². The number of hydrogen-bond donors (Lipinski definition) is 1. The fourth-order valence-electron chi connectivity index (χ4n) is 2.26. The molecule has 0 aromatic carbocycles. The van der Waals surface area contributed by atoms with E-state index in [2.05, 4.69) is 40.7 Å². The van der Waals surface area contributed by atoms with Gasteiger partial charge in [-0.05, 0) is 28.1 Å². The number of rotatable bonds is 2. The average molecular weight is 335 g/mol. The second-order valence-corrected chi connectivity index (χ2v) is 5.51. The van der Waals surface area contributed by atoms with E-state index < -0.39 is 0 Å². The minimum Gasteiger partial charge on any atom is -0.396 e. The molecule has 1 saturated heterocycles. The van der Waals surface area contributed by atoms with Crippen LogP contribution in [0.1, 0.15) is 0 Å². The molecule has 6 nitrogen and oxygen atoms in total. The molecule has 2 aromatic heterocycles. The van der Waals surface area contributed by atoms with Gasteiger partial charge in [-0.2, -0.15) is 0 Å². The predicted octanol–water partition coefficient (Wildman–Crippen LogP) is 1.54. The Morgan fingerprint density at radius 3 is 2.30 bits per heavy atom. The number of aromatic nitrogens is 3. The van der Waals surface area contributed by atoms with Crippen LogP contribution < -0.4 is 15.5 Å². The van der Waals surface area contributed by atoms with Crippen LogP contribution in [-0.2, 0) is 0 Å². The lowest BCUT2D eigenvalue weighted by Gasteiger charge is -2.35. The van der Waals surface area contributed by atoms with Gasteiger partial charge in [0.25, 0.3) is 0 Å². The largest absolute Gasteiger partial charge is 0.396 e. The second kappa shape index (κ2) is 5.62. The Morgan fingerprint density at radius 1 is 1.00 bits per heavy atom. The summed E-state index contributed by atoms with van der Waals surface area (Å²) in [5.74, 6) is 1.63. The third-order valence-electron chi connectivity index (χ3n) is 3.29. The summed E-state index contributed by atoms with van der Waals surface area (Å²) in [4.78, 5) is 17.4. The van der Waals surface area contributed by atoms with E-state index in [4.69, 9.17) is 5.73 Å². The molecule has 0 aliphatic carbocycles. The SMILES string of the molecule is Nc1cccnc1N1CCN(c2ncc(Br)cn2)CC1. The van der Waals surface area contributed by atoms with E-state index in [1.807, 2.05) is 12.1 Å². The standard InChI is InChI=1S/C13H15BrN6/c14-10-8-17-13(18-9-10)20-6-4-19(5-7-20)12-11(15)2-1-3-16-12/h1-3,8-9H,4-7,15H2. The van der Waals surface area contributed by atoms with Gasteiger partial charge >= 0.3 is 0 Å². The van der Waals surface area contributed by atoms with Gasteiger partial charge in [-0.3, -0.25) is 0 Å². The predicted molar refractivity (Wildman–Crippen MR) is 82.8 cm³/mol. The van der Waals surface area contributed by atoms with Gasteiger partial charge in [0.1, 0.15) is 0 Å². The number of nitrogens with two attached hydrogens (primary N) is 1. The van der Waals surface area contributed by atoms with Crippen molar-refractivity contribution in [1.29, 1.82) is 0 Å². The quantitative estimate of drug-likeness (QED) is 0.898. The molecule has 0 radical (unpaired) electrons. The number of pyridine rings is 1. The molecule has 0 atom stereocenters. The highest BCUT2D eigenvalue weighted by molar-refractivity contribution is 9.10. The number of hydrogen-bond acceptors (Lipinski definition) is 6.